The summed E-state index contributed by atoms with van der Waals surface area (Å²) in [6, 6.07) is 9.52. The van der Waals surface area contributed by atoms with Crippen molar-refractivity contribution < 1.29 is 18.6 Å². The maximum atomic E-state index is 13.0. The number of benzene rings is 1. The van der Waals surface area contributed by atoms with Gasteiger partial charge in [0.15, 0.2) is 5.96 Å². The SMILES string of the molecule is CCNC(=NCc1ccc(Oc2ccc(F)cc2)nc1)NCCCOC1CCOC1. The third-order valence-electron chi connectivity index (χ3n) is 4.45. The van der Waals surface area contributed by atoms with E-state index in [1.807, 2.05) is 13.0 Å². The van der Waals surface area contributed by atoms with Crippen molar-refractivity contribution in [1.82, 2.24) is 15.6 Å². The standard InChI is InChI=1S/C22H29FN4O3/c1-2-24-22(25-11-3-12-29-20-10-13-28-16-20)27-15-17-4-9-21(26-14-17)30-19-7-5-18(23)6-8-19/h4-9,14,20H,2-3,10-13,15-16H2,1H3,(H2,24,25,27). The number of aliphatic imine (C=N–C) groups is 1. The Morgan fingerprint density at radius 2 is 2.10 bits per heavy atom. The maximum absolute atomic E-state index is 13.0. The lowest BCUT2D eigenvalue weighted by Crippen LogP contribution is -2.38. The second-order valence-corrected chi connectivity index (χ2v) is 6.89. The summed E-state index contributed by atoms with van der Waals surface area (Å²) < 4.78 is 29.6. The number of nitrogens with zero attached hydrogens (tertiary/aromatic N) is 2. The van der Waals surface area contributed by atoms with Crippen LogP contribution in [0.1, 0.15) is 25.3 Å². The van der Waals surface area contributed by atoms with Gasteiger partial charge in [0.2, 0.25) is 5.88 Å². The molecule has 2 N–H and O–H groups in total. The van der Waals surface area contributed by atoms with Gasteiger partial charge in [-0.15, -0.1) is 0 Å². The first-order valence-corrected chi connectivity index (χ1v) is 10.3. The first kappa shape index (κ1) is 22.0. The number of rotatable bonds is 10. The van der Waals surface area contributed by atoms with Crippen LogP contribution in [0, 0.1) is 5.82 Å². The number of hydrogen-bond acceptors (Lipinski definition) is 5. The minimum Gasteiger partial charge on any atom is -0.439 e. The highest BCUT2D eigenvalue weighted by Gasteiger charge is 2.15. The fourth-order valence-electron chi connectivity index (χ4n) is 2.87. The number of nitrogens with one attached hydrogen (secondary N) is 2. The Morgan fingerprint density at radius 3 is 2.80 bits per heavy atom. The molecule has 0 spiro atoms. The van der Waals surface area contributed by atoms with Crippen LogP contribution in [-0.2, 0) is 16.0 Å². The van der Waals surface area contributed by atoms with Crippen LogP contribution in [0.15, 0.2) is 47.6 Å². The van der Waals surface area contributed by atoms with Gasteiger partial charge in [0.25, 0.3) is 0 Å². The van der Waals surface area contributed by atoms with Crippen LogP contribution in [0.4, 0.5) is 4.39 Å². The first-order chi connectivity index (χ1) is 14.7. The lowest BCUT2D eigenvalue weighted by atomic mass is 10.3. The summed E-state index contributed by atoms with van der Waals surface area (Å²) in [7, 11) is 0. The molecule has 0 bridgehead atoms. The van der Waals surface area contributed by atoms with E-state index in [0.717, 1.165) is 44.1 Å². The number of guanidine groups is 1. The third kappa shape index (κ3) is 7.61. The molecule has 0 aliphatic carbocycles. The van der Waals surface area contributed by atoms with Gasteiger partial charge in [-0.05, 0) is 49.6 Å². The van der Waals surface area contributed by atoms with E-state index >= 15 is 0 Å². The largest absolute Gasteiger partial charge is 0.439 e. The number of hydrogen-bond donors (Lipinski definition) is 2. The quantitative estimate of drug-likeness (QED) is 0.352. The maximum Gasteiger partial charge on any atom is 0.219 e. The molecule has 1 aromatic heterocycles. The second kappa shape index (κ2) is 12.1. The average Bonchev–Trinajstić information content (AvgIpc) is 3.28. The predicted octanol–water partition coefficient (Wildman–Crippen LogP) is 3.26. The zero-order valence-corrected chi connectivity index (χ0v) is 17.3. The van der Waals surface area contributed by atoms with Crippen LogP contribution in [-0.4, -0.2) is 50.0 Å². The molecule has 1 aliphatic rings. The zero-order chi connectivity index (χ0) is 21.0. The van der Waals surface area contributed by atoms with Crippen molar-refractivity contribution in [2.45, 2.75) is 32.4 Å². The summed E-state index contributed by atoms with van der Waals surface area (Å²) >= 11 is 0. The van der Waals surface area contributed by atoms with E-state index in [-0.39, 0.29) is 11.9 Å². The molecule has 1 fully saturated rings. The van der Waals surface area contributed by atoms with Gasteiger partial charge in [-0.1, -0.05) is 6.07 Å². The van der Waals surface area contributed by atoms with Crippen molar-refractivity contribution in [1.29, 1.82) is 0 Å². The Labute approximate surface area is 176 Å². The Bertz CT molecular complexity index is 778. The Hall–Kier alpha value is -2.71. The van der Waals surface area contributed by atoms with Crippen LogP contribution in [0.5, 0.6) is 11.6 Å². The van der Waals surface area contributed by atoms with Gasteiger partial charge >= 0.3 is 0 Å². The number of ether oxygens (including phenoxy) is 3. The second-order valence-electron chi connectivity index (χ2n) is 6.89. The van der Waals surface area contributed by atoms with Gasteiger partial charge in [-0.3, -0.25) is 0 Å². The minimum atomic E-state index is -0.301. The van der Waals surface area contributed by atoms with Gasteiger partial charge in [-0.25, -0.2) is 14.4 Å². The molecule has 162 valence electrons. The number of aromatic nitrogens is 1. The molecule has 1 unspecified atom stereocenters. The lowest BCUT2D eigenvalue weighted by Gasteiger charge is -2.13. The van der Waals surface area contributed by atoms with Crippen molar-refractivity contribution in [2.75, 3.05) is 32.9 Å². The third-order valence-corrected chi connectivity index (χ3v) is 4.45. The van der Waals surface area contributed by atoms with E-state index in [4.69, 9.17) is 14.2 Å². The van der Waals surface area contributed by atoms with Crippen LogP contribution < -0.4 is 15.4 Å². The molecule has 0 amide bonds. The van der Waals surface area contributed by atoms with Gasteiger partial charge in [0.05, 0.1) is 19.3 Å². The Balaban J connectivity index is 1.42. The van der Waals surface area contributed by atoms with Gasteiger partial charge < -0.3 is 24.8 Å². The molecule has 2 aromatic rings. The van der Waals surface area contributed by atoms with E-state index in [1.165, 1.54) is 12.1 Å². The zero-order valence-electron chi connectivity index (χ0n) is 17.3. The molecule has 1 aliphatic heterocycles. The van der Waals surface area contributed by atoms with E-state index in [0.29, 0.717) is 31.4 Å². The minimum absolute atomic E-state index is 0.245. The summed E-state index contributed by atoms with van der Waals surface area (Å²) in [4.78, 5) is 8.89. The molecule has 3 rings (SSSR count). The van der Waals surface area contributed by atoms with Crippen molar-refractivity contribution in [3.05, 3.63) is 54.0 Å². The van der Waals surface area contributed by atoms with Crippen molar-refractivity contribution in [3.8, 4) is 11.6 Å². The Kier molecular flexibility index (Phi) is 8.86. The summed E-state index contributed by atoms with van der Waals surface area (Å²) in [5.41, 5.74) is 0.961. The van der Waals surface area contributed by atoms with Crippen LogP contribution in [0.2, 0.25) is 0 Å². The molecule has 30 heavy (non-hydrogen) atoms. The fraction of sp³-hybridized carbons (Fsp3) is 0.455. The van der Waals surface area contributed by atoms with E-state index in [2.05, 4.69) is 20.6 Å². The van der Waals surface area contributed by atoms with Crippen LogP contribution in [0.3, 0.4) is 0 Å². The smallest absolute Gasteiger partial charge is 0.219 e. The summed E-state index contributed by atoms with van der Waals surface area (Å²) in [6.07, 6.45) is 3.86. The molecule has 0 radical (unpaired) electrons. The predicted molar refractivity (Wildman–Crippen MR) is 113 cm³/mol. The van der Waals surface area contributed by atoms with E-state index in [1.54, 1.807) is 24.4 Å². The monoisotopic (exact) mass is 416 g/mol. The molecular weight excluding hydrogens is 387 g/mol. The normalized spacial score (nSPS) is 16.5. The first-order valence-electron chi connectivity index (χ1n) is 10.3. The van der Waals surface area contributed by atoms with E-state index < -0.39 is 0 Å². The van der Waals surface area contributed by atoms with Crippen LogP contribution >= 0.6 is 0 Å². The highest BCUT2D eigenvalue weighted by atomic mass is 19.1. The van der Waals surface area contributed by atoms with E-state index in [9.17, 15) is 4.39 Å². The molecular formula is C22H29FN4O3. The molecule has 1 aromatic carbocycles. The summed E-state index contributed by atoms with van der Waals surface area (Å²) in [5, 5.41) is 6.55. The topological polar surface area (TPSA) is 77.0 Å². The van der Waals surface area contributed by atoms with Gasteiger partial charge in [-0.2, -0.15) is 0 Å². The molecule has 2 heterocycles. The lowest BCUT2D eigenvalue weighted by molar-refractivity contribution is 0.0420. The number of halogens is 1. The number of pyridine rings is 1. The van der Waals surface area contributed by atoms with Crippen molar-refractivity contribution in [3.63, 3.8) is 0 Å². The molecule has 1 saturated heterocycles. The summed E-state index contributed by atoms with van der Waals surface area (Å²) in [6.45, 7) is 6.30. The highest BCUT2D eigenvalue weighted by Crippen LogP contribution is 2.19. The molecule has 8 heteroatoms. The molecule has 1 atom stereocenters. The molecule has 7 nitrogen and oxygen atoms in total. The molecule has 0 saturated carbocycles. The van der Waals surface area contributed by atoms with Crippen molar-refractivity contribution >= 4 is 5.96 Å². The van der Waals surface area contributed by atoms with Crippen molar-refractivity contribution in [2.24, 2.45) is 4.99 Å². The average molecular weight is 416 g/mol. The highest BCUT2D eigenvalue weighted by molar-refractivity contribution is 5.79. The summed E-state index contributed by atoms with van der Waals surface area (Å²) in [5.74, 6) is 1.45. The van der Waals surface area contributed by atoms with Gasteiger partial charge in [0.1, 0.15) is 11.6 Å². The van der Waals surface area contributed by atoms with Gasteiger partial charge in [0, 0.05) is 38.6 Å². The van der Waals surface area contributed by atoms with Crippen LogP contribution in [0.25, 0.3) is 0 Å². The Morgan fingerprint density at radius 1 is 1.23 bits per heavy atom. The fourth-order valence-corrected chi connectivity index (χ4v) is 2.87.